The van der Waals surface area contributed by atoms with Gasteiger partial charge in [-0.1, -0.05) is 0 Å². The number of anilines is 1. The molecule has 1 heterocycles. The Bertz CT molecular complexity index is 553. The molecule has 2 N–H and O–H groups in total. The average molecular weight is 262 g/mol. The Morgan fingerprint density at radius 2 is 2.21 bits per heavy atom. The molecule has 1 aliphatic carbocycles. The zero-order chi connectivity index (χ0) is 13.4. The third-order valence-corrected chi connectivity index (χ3v) is 3.60. The van der Waals surface area contributed by atoms with Crippen LogP contribution < -0.4 is 10.6 Å². The molecule has 2 aliphatic rings. The maximum absolute atomic E-state index is 13.9. The summed E-state index contributed by atoms with van der Waals surface area (Å²) in [4.78, 5) is 23.3. The molecule has 19 heavy (non-hydrogen) atoms. The summed E-state index contributed by atoms with van der Waals surface area (Å²) in [7, 11) is 0. The summed E-state index contributed by atoms with van der Waals surface area (Å²) in [5.74, 6) is -0.326. The fraction of sp³-hybridized carbons (Fsp3) is 0.429. The van der Waals surface area contributed by atoms with Crippen LogP contribution in [-0.4, -0.2) is 24.8 Å². The molecule has 1 aliphatic heterocycles. The maximum Gasteiger partial charge on any atom is 0.251 e. The Morgan fingerprint density at radius 3 is 2.95 bits per heavy atom. The van der Waals surface area contributed by atoms with Gasteiger partial charge in [-0.2, -0.15) is 0 Å². The first-order chi connectivity index (χ1) is 9.15. The van der Waals surface area contributed by atoms with E-state index < -0.39 is 5.82 Å². The maximum atomic E-state index is 13.9. The molecule has 0 saturated heterocycles. The smallest absolute Gasteiger partial charge is 0.251 e. The van der Waals surface area contributed by atoms with Crippen LogP contribution in [0.15, 0.2) is 12.1 Å². The molecule has 3 rings (SSSR count). The topological polar surface area (TPSA) is 58.2 Å². The van der Waals surface area contributed by atoms with Crippen LogP contribution in [0.1, 0.15) is 28.8 Å². The minimum atomic E-state index is -0.406. The van der Waals surface area contributed by atoms with E-state index in [4.69, 9.17) is 0 Å². The average Bonchev–Trinajstić information content (AvgIpc) is 3.21. The summed E-state index contributed by atoms with van der Waals surface area (Å²) < 4.78 is 13.9. The third kappa shape index (κ3) is 2.45. The standard InChI is InChI=1S/C14H15FN2O2/c15-11-5-9-3-4-16-14(19)10(9)6-12(11)17-7-13(18)8-1-2-8/h5-6,8,17H,1-4,7H2,(H,16,19). The van der Waals surface area contributed by atoms with Gasteiger partial charge in [0.05, 0.1) is 12.2 Å². The highest BCUT2D eigenvalue weighted by Crippen LogP contribution is 2.30. The van der Waals surface area contributed by atoms with E-state index in [2.05, 4.69) is 10.6 Å². The van der Waals surface area contributed by atoms with Gasteiger partial charge in [0.15, 0.2) is 5.78 Å². The number of hydrogen-bond donors (Lipinski definition) is 2. The summed E-state index contributed by atoms with van der Waals surface area (Å²) in [5, 5.41) is 5.52. The number of hydrogen-bond acceptors (Lipinski definition) is 3. The van der Waals surface area contributed by atoms with Crippen LogP contribution in [0.5, 0.6) is 0 Å². The van der Waals surface area contributed by atoms with Crippen LogP contribution in [-0.2, 0) is 11.2 Å². The van der Waals surface area contributed by atoms with Crippen molar-refractivity contribution < 1.29 is 14.0 Å². The molecular formula is C14H15FN2O2. The predicted molar refractivity (Wildman–Crippen MR) is 68.7 cm³/mol. The molecule has 0 radical (unpaired) electrons. The van der Waals surface area contributed by atoms with Crippen LogP contribution in [0, 0.1) is 11.7 Å². The molecule has 100 valence electrons. The predicted octanol–water partition coefficient (Wildman–Crippen LogP) is 1.50. The lowest BCUT2D eigenvalue weighted by atomic mass is 9.99. The number of fused-ring (bicyclic) bond motifs is 1. The summed E-state index contributed by atoms with van der Waals surface area (Å²) in [6.07, 6.45) is 2.52. The lowest BCUT2D eigenvalue weighted by Crippen LogP contribution is -2.32. The molecular weight excluding hydrogens is 247 g/mol. The molecule has 0 aromatic heterocycles. The Balaban J connectivity index is 1.78. The Labute approximate surface area is 110 Å². The highest BCUT2D eigenvalue weighted by atomic mass is 19.1. The Hall–Kier alpha value is -1.91. The van der Waals surface area contributed by atoms with Gasteiger partial charge in [-0.25, -0.2) is 4.39 Å². The monoisotopic (exact) mass is 262 g/mol. The fourth-order valence-electron chi connectivity index (χ4n) is 2.31. The lowest BCUT2D eigenvalue weighted by Gasteiger charge is -2.18. The van der Waals surface area contributed by atoms with Gasteiger partial charge in [0.2, 0.25) is 0 Å². The Kier molecular flexibility index (Phi) is 2.97. The fourth-order valence-corrected chi connectivity index (χ4v) is 2.31. The van der Waals surface area contributed by atoms with E-state index >= 15 is 0 Å². The van der Waals surface area contributed by atoms with Crippen LogP contribution in [0.2, 0.25) is 0 Å². The number of Topliss-reactive ketones (excluding diaryl/α,β-unsaturated/α-hetero) is 1. The van der Waals surface area contributed by atoms with Gasteiger partial charge < -0.3 is 10.6 Å². The van der Waals surface area contributed by atoms with Crippen LogP contribution in [0.25, 0.3) is 0 Å². The number of nitrogens with one attached hydrogen (secondary N) is 2. The first-order valence-corrected chi connectivity index (χ1v) is 6.52. The quantitative estimate of drug-likeness (QED) is 0.864. The van der Waals surface area contributed by atoms with Crippen LogP contribution in [0.4, 0.5) is 10.1 Å². The van der Waals surface area contributed by atoms with Crippen molar-refractivity contribution in [3.8, 4) is 0 Å². The van der Waals surface area contributed by atoms with E-state index in [1.807, 2.05) is 0 Å². The molecule has 1 fully saturated rings. The first-order valence-electron chi connectivity index (χ1n) is 6.52. The highest BCUT2D eigenvalue weighted by molar-refractivity contribution is 5.98. The molecule has 0 atom stereocenters. The van der Waals surface area contributed by atoms with Crippen molar-refractivity contribution in [1.82, 2.24) is 5.32 Å². The van der Waals surface area contributed by atoms with E-state index in [1.54, 1.807) is 0 Å². The molecule has 4 nitrogen and oxygen atoms in total. The number of carbonyl (C=O) groups is 2. The first kappa shape index (κ1) is 12.1. The second-order valence-electron chi connectivity index (χ2n) is 5.09. The minimum absolute atomic E-state index is 0.113. The number of halogens is 1. The normalized spacial score (nSPS) is 17.6. The molecule has 1 amide bonds. The third-order valence-electron chi connectivity index (χ3n) is 3.60. The number of ketones is 1. The van der Waals surface area contributed by atoms with Crippen molar-refractivity contribution in [2.75, 3.05) is 18.4 Å². The second kappa shape index (κ2) is 4.64. The number of carbonyl (C=O) groups excluding carboxylic acids is 2. The van der Waals surface area contributed by atoms with Crippen LogP contribution >= 0.6 is 0 Å². The summed E-state index contributed by atoms with van der Waals surface area (Å²) >= 11 is 0. The number of benzene rings is 1. The highest BCUT2D eigenvalue weighted by Gasteiger charge is 2.29. The van der Waals surface area contributed by atoms with Crippen molar-refractivity contribution in [2.45, 2.75) is 19.3 Å². The molecule has 0 bridgehead atoms. The summed E-state index contributed by atoms with van der Waals surface area (Å²) in [6, 6.07) is 2.89. The van der Waals surface area contributed by atoms with Gasteiger partial charge in [0, 0.05) is 18.0 Å². The van der Waals surface area contributed by atoms with E-state index in [9.17, 15) is 14.0 Å². The van der Waals surface area contributed by atoms with Crippen molar-refractivity contribution in [1.29, 1.82) is 0 Å². The second-order valence-corrected chi connectivity index (χ2v) is 5.09. The molecule has 1 aromatic carbocycles. The molecule has 0 spiro atoms. The van der Waals surface area contributed by atoms with E-state index in [1.165, 1.54) is 12.1 Å². The van der Waals surface area contributed by atoms with E-state index in [-0.39, 0.29) is 29.8 Å². The largest absolute Gasteiger partial charge is 0.376 e. The Morgan fingerprint density at radius 1 is 1.42 bits per heavy atom. The molecule has 5 heteroatoms. The number of rotatable bonds is 4. The molecule has 0 unspecified atom stereocenters. The van der Waals surface area contributed by atoms with Crippen LogP contribution in [0.3, 0.4) is 0 Å². The molecule has 1 aromatic rings. The van der Waals surface area contributed by atoms with Crippen molar-refractivity contribution in [3.63, 3.8) is 0 Å². The zero-order valence-corrected chi connectivity index (χ0v) is 10.5. The molecule has 1 saturated carbocycles. The van der Waals surface area contributed by atoms with Crippen molar-refractivity contribution in [3.05, 3.63) is 29.1 Å². The summed E-state index contributed by atoms with van der Waals surface area (Å²) in [6.45, 7) is 0.667. The number of amides is 1. The van der Waals surface area contributed by atoms with E-state index in [0.29, 0.717) is 18.5 Å². The summed E-state index contributed by atoms with van der Waals surface area (Å²) in [5.41, 5.74) is 1.44. The van der Waals surface area contributed by atoms with Crippen molar-refractivity contribution >= 4 is 17.4 Å². The van der Waals surface area contributed by atoms with Crippen molar-refractivity contribution in [2.24, 2.45) is 5.92 Å². The zero-order valence-electron chi connectivity index (χ0n) is 10.5. The minimum Gasteiger partial charge on any atom is -0.376 e. The lowest BCUT2D eigenvalue weighted by molar-refractivity contribution is -0.118. The van der Waals surface area contributed by atoms with Gasteiger partial charge in [-0.15, -0.1) is 0 Å². The van der Waals surface area contributed by atoms with Gasteiger partial charge in [-0.3, -0.25) is 9.59 Å². The van der Waals surface area contributed by atoms with E-state index in [0.717, 1.165) is 18.4 Å². The SMILES string of the molecule is O=C1NCCc2cc(F)c(NCC(=O)C3CC3)cc21. The van der Waals surface area contributed by atoms with Gasteiger partial charge in [0.25, 0.3) is 5.91 Å². The van der Waals surface area contributed by atoms with Gasteiger partial charge in [0.1, 0.15) is 5.82 Å². The van der Waals surface area contributed by atoms with Gasteiger partial charge in [-0.05, 0) is 37.0 Å². The van der Waals surface area contributed by atoms with Gasteiger partial charge >= 0.3 is 0 Å².